The van der Waals surface area contributed by atoms with Crippen molar-refractivity contribution < 1.29 is 33.2 Å². The molecule has 1 aliphatic carbocycles. The Hall–Kier alpha value is -2.61. The summed E-state index contributed by atoms with van der Waals surface area (Å²) in [6, 6.07) is 3.77. The van der Waals surface area contributed by atoms with E-state index in [1.807, 2.05) is 38.1 Å². The molecule has 7 heteroatoms. The Balaban J connectivity index is 1.45. The van der Waals surface area contributed by atoms with Crippen LogP contribution in [0.4, 0.5) is 0 Å². The van der Waals surface area contributed by atoms with Crippen LogP contribution in [0.3, 0.4) is 0 Å². The molecular formula is C25H28O7. The molecule has 3 heterocycles. The first-order valence-corrected chi connectivity index (χ1v) is 10.9. The van der Waals surface area contributed by atoms with Gasteiger partial charge in [-0.1, -0.05) is 12.2 Å². The Bertz CT molecular complexity index is 1010. The predicted octanol–water partition coefficient (Wildman–Crippen LogP) is 4.00. The predicted molar refractivity (Wildman–Crippen MR) is 116 cm³/mol. The van der Waals surface area contributed by atoms with Gasteiger partial charge in [0.15, 0.2) is 24.1 Å². The van der Waals surface area contributed by atoms with Gasteiger partial charge in [-0.3, -0.25) is 4.79 Å². The fourth-order valence-electron chi connectivity index (χ4n) is 4.94. The summed E-state index contributed by atoms with van der Waals surface area (Å²) in [5.74, 6) is 0.891. The van der Waals surface area contributed by atoms with Crippen LogP contribution in [0.25, 0.3) is 0 Å². The summed E-state index contributed by atoms with van der Waals surface area (Å²) in [6.45, 7) is 11.8. The van der Waals surface area contributed by atoms with Crippen molar-refractivity contribution in [2.45, 2.75) is 62.6 Å². The summed E-state index contributed by atoms with van der Waals surface area (Å²) in [5, 5.41) is 0. The van der Waals surface area contributed by atoms with Crippen LogP contribution >= 0.6 is 0 Å². The van der Waals surface area contributed by atoms with Gasteiger partial charge in [-0.25, -0.2) is 0 Å². The van der Waals surface area contributed by atoms with E-state index in [-0.39, 0.29) is 31.9 Å². The summed E-state index contributed by atoms with van der Waals surface area (Å²) in [6.07, 6.45) is 6.79. The lowest BCUT2D eigenvalue weighted by Crippen LogP contribution is -2.51. The van der Waals surface area contributed by atoms with Crippen LogP contribution in [0.5, 0.6) is 17.2 Å². The maximum Gasteiger partial charge on any atom is 0.231 e. The van der Waals surface area contributed by atoms with Gasteiger partial charge in [0.25, 0.3) is 0 Å². The molecule has 5 rings (SSSR count). The van der Waals surface area contributed by atoms with Gasteiger partial charge in [0.1, 0.15) is 23.1 Å². The SMILES string of the molecule is C=CCC1=C[C@]23C[C@H](C(C)(C)Oc4cc5c(cc4CC=C)OCO5)O[C@@]2(CC1=O)OCO3. The highest BCUT2D eigenvalue weighted by atomic mass is 16.8. The number of hydrogen-bond donors (Lipinski definition) is 0. The molecule has 0 unspecified atom stereocenters. The van der Waals surface area contributed by atoms with Gasteiger partial charge in [-0.2, -0.15) is 0 Å². The number of rotatable bonds is 7. The van der Waals surface area contributed by atoms with Crippen LogP contribution in [0, 0.1) is 0 Å². The number of Topliss-reactive ketones (excluding diaryl/α,β-unsaturated/α-hetero) is 1. The van der Waals surface area contributed by atoms with Crippen molar-refractivity contribution in [2.75, 3.05) is 13.6 Å². The van der Waals surface area contributed by atoms with Crippen molar-refractivity contribution in [3.05, 3.63) is 54.7 Å². The van der Waals surface area contributed by atoms with E-state index in [0.717, 1.165) is 5.56 Å². The minimum atomic E-state index is -1.13. The largest absolute Gasteiger partial charge is 0.485 e. The van der Waals surface area contributed by atoms with Gasteiger partial charge in [0, 0.05) is 18.1 Å². The smallest absolute Gasteiger partial charge is 0.231 e. The molecule has 0 spiro atoms. The van der Waals surface area contributed by atoms with Crippen molar-refractivity contribution in [1.82, 2.24) is 0 Å². The highest BCUT2D eigenvalue weighted by Crippen LogP contribution is 2.55. The normalized spacial score (nSPS) is 30.5. The molecule has 2 saturated heterocycles. The van der Waals surface area contributed by atoms with E-state index in [1.54, 1.807) is 6.08 Å². The lowest BCUT2D eigenvalue weighted by atomic mass is 9.77. The van der Waals surface area contributed by atoms with E-state index in [2.05, 4.69) is 13.2 Å². The van der Waals surface area contributed by atoms with E-state index in [1.165, 1.54) is 0 Å². The Labute approximate surface area is 187 Å². The number of fused-ring (bicyclic) bond motifs is 1. The average Bonchev–Trinajstić information content (AvgIpc) is 3.40. The van der Waals surface area contributed by atoms with Crippen molar-refractivity contribution in [2.24, 2.45) is 0 Å². The molecular weight excluding hydrogens is 412 g/mol. The molecule has 0 N–H and O–H groups in total. The third-order valence-electron chi connectivity index (χ3n) is 6.67. The van der Waals surface area contributed by atoms with Gasteiger partial charge in [0.05, 0.1) is 6.42 Å². The monoisotopic (exact) mass is 440 g/mol. The Morgan fingerprint density at radius 3 is 2.62 bits per heavy atom. The first kappa shape index (κ1) is 21.2. The molecule has 1 aromatic rings. The number of allylic oxidation sites excluding steroid dienone is 3. The third-order valence-corrected chi connectivity index (χ3v) is 6.67. The van der Waals surface area contributed by atoms with E-state index >= 15 is 0 Å². The highest BCUT2D eigenvalue weighted by Gasteiger charge is 2.69. The second-order valence-corrected chi connectivity index (χ2v) is 9.13. The van der Waals surface area contributed by atoms with Crippen LogP contribution in [0.1, 0.15) is 38.7 Å². The van der Waals surface area contributed by atoms with Gasteiger partial charge < -0.3 is 28.4 Å². The second kappa shape index (κ2) is 7.47. The van der Waals surface area contributed by atoms with Crippen LogP contribution < -0.4 is 14.2 Å². The van der Waals surface area contributed by atoms with Crippen LogP contribution in [-0.2, 0) is 25.4 Å². The zero-order chi connectivity index (χ0) is 22.6. The molecule has 3 atom stereocenters. The number of ether oxygens (including phenoxy) is 6. The molecule has 0 amide bonds. The molecule has 4 aliphatic rings. The first-order valence-electron chi connectivity index (χ1n) is 10.9. The molecule has 3 aliphatic heterocycles. The fourth-order valence-corrected chi connectivity index (χ4v) is 4.94. The van der Waals surface area contributed by atoms with Crippen molar-refractivity contribution in [1.29, 1.82) is 0 Å². The molecule has 170 valence electrons. The number of hydrogen-bond acceptors (Lipinski definition) is 7. The molecule has 0 saturated carbocycles. The minimum absolute atomic E-state index is 0.00515. The standard InChI is InChI=1S/C25H28O7/c1-5-7-16-9-20-21(28-14-27-20)10-19(16)31-23(3,4)22-13-24-11-17(8-6-2)18(26)12-25(24,32-22)30-15-29-24/h5-6,9-11,22H,1-2,7-8,12-15H2,3-4H3/t22-,24+,25-/m1/s1. The number of carbonyl (C=O) groups excluding carboxylic acids is 1. The lowest BCUT2D eigenvalue weighted by Gasteiger charge is -2.37. The third kappa shape index (κ3) is 3.18. The number of benzene rings is 1. The molecule has 1 aromatic carbocycles. The molecule has 0 bridgehead atoms. The summed E-state index contributed by atoms with van der Waals surface area (Å²) in [4.78, 5) is 12.7. The Morgan fingerprint density at radius 1 is 1.12 bits per heavy atom. The molecule has 0 radical (unpaired) electrons. The molecule has 7 nitrogen and oxygen atoms in total. The van der Waals surface area contributed by atoms with Crippen LogP contribution in [0.2, 0.25) is 0 Å². The van der Waals surface area contributed by atoms with E-state index in [9.17, 15) is 4.79 Å². The lowest BCUT2D eigenvalue weighted by molar-refractivity contribution is -0.235. The quantitative estimate of drug-likeness (QED) is 0.594. The van der Waals surface area contributed by atoms with Crippen molar-refractivity contribution in [3.8, 4) is 17.2 Å². The minimum Gasteiger partial charge on any atom is -0.485 e. The van der Waals surface area contributed by atoms with E-state index in [4.69, 9.17) is 28.4 Å². The topological polar surface area (TPSA) is 72.5 Å². The Kier molecular flexibility index (Phi) is 4.96. The number of ketones is 1. The van der Waals surface area contributed by atoms with Crippen molar-refractivity contribution in [3.63, 3.8) is 0 Å². The average molecular weight is 440 g/mol. The van der Waals surface area contributed by atoms with Gasteiger partial charge >= 0.3 is 0 Å². The van der Waals surface area contributed by atoms with Gasteiger partial charge in [0.2, 0.25) is 12.6 Å². The second-order valence-electron chi connectivity index (χ2n) is 9.13. The van der Waals surface area contributed by atoms with Crippen molar-refractivity contribution >= 4 is 5.78 Å². The zero-order valence-electron chi connectivity index (χ0n) is 18.5. The maximum atomic E-state index is 12.7. The maximum absolute atomic E-state index is 12.7. The molecule has 2 fully saturated rings. The summed E-state index contributed by atoms with van der Waals surface area (Å²) in [7, 11) is 0. The number of carbonyl (C=O) groups is 1. The Morgan fingerprint density at radius 2 is 1.88 bits per heavy atom. The summed E-state index contributed by atoms with van der Waals surface area (Å²) in [5.41, 5.74) is 0.0670. The van der Waals surface area contributed by atoms with Gasteiger partial charge in [-0.05, 0) is 44.4 Å². The molecule has 0 aromatic heterocycles. The first-order chi connectivity index (χ1) is 15.3. The van der Waals surface area contributed by atoms with E-state index in [0.29, 0.717) is 42.1 Å². The fraction of sp³-hybridized carbons (Fsp3) is 0.480. The highest BCUT2D eigenvalue weighted by molar-refractivity contribution is 5.98. The van der Waals surface area contributed by atoms with E-state index < -0.39 is 17.0 Å². The molecule has 32 heavy (non-hydrogen) atoms. The zero-order valence-corrected chi connectivity index (χ0v) is 18.5. The van der Waals surface area contributed by atoms with Crippen LogP contribution in [0.15, 0.2) is 49.1 Å². The summed E-state index contributed by atoms with van der Waals surface area (Å²) < 4.78 is 36.0. The van der Waals surface area contributed by atoms with Crippen LogP contribution in [-0.4, -0.2) is 42.5 Å². The summed E-state index contributed by atoms with van der Waals surface area (Å²) >= 11 is 0. The van der Waals surface area contributed by atoms with Gasteiger partial charge in [-0.15, -0.1) is 13.2 Å².